The molecule has 2 fully saturated rings. The van der Waals surface area contributed by atoms with Crippen molar-refractivity contribution in [2.45, 2.75) is 46.1 Å². The zero-order valence-electron chi connectivity index (χ0n) is 20.7. The molecule has 2 saturated heterocycles. The van der Waals surface area contributed by atoms with Gasteiger partial charge in [-0.05, 0) is 52.3 Å². The Balaban J connectivity index is 0.000000198. The first-order valence-electron chi connectivity index (χ1n) is 11.7. The summed E-state index contributed by atoms with van der Waals surface area (Å²) in [5.41, 5.74) is 2.02. The van der Waals surface area contributed by atoms with E-state index in [0.717, 1.165) is 32.0 Å². The SMILES string of the molecule is CC(C)(C)OC(=O)N1CC2COCC(C2)C1.Cc1c(NC2=C(Cl)C=C(C#N)C=CC2)cc[nH]c1=O. The van der Waals surface area contributed by atoms with Gasteiger partial charge >= 0.3 is 6.09 Å². The minimum absolute atomic E-state index is 0.140. The number of allylic oxidation sites excluding steroid dienone is 5. The van der Waals surface area contributed by atoms with Crippen LogP contribution in [-0.4, -0.2) is 47.9 Å². The third-order valence-electron chi connectivity index (χ3n) is 5.80. The van der Waals surface area contributed by atoms with Gasteiger partial charge in [0.1, 0.15) is 5.60 Å². The van der Waals surface area contributed by atoms with E-state index in [0.29, 0.717) is 40.1 Å². The highest BCUT2D eigenvalue weighted by Gasteiger charge is 2.35. The minimum atomic E-state index is -0.403. The third kappa shape index (κ3) is 7.74. The van der Waals surface area contributed by atoms with E-state index in [2.05, 4.69) is 16.4 Å². The van der Waals surface area contributed by atoms with Gasteiger partial charge in [0, 0.05) is 54.5 Å². The summed E-state index contributed by atoms with van der Waals surface area (Å²) < 4.78 is 10.9. The molecule has 2 bridgehead atoms. The first-order chi connectivity index (χ1) is 16.6. The maximum absolute atomic E-state index is 11.9. The number of rotatable bonds is 2. The van der Waals surface area contributed by atoms with Crippen molar-refractivity contribution in [1.29, 1.82) is 5.26 Å². The number of pyridine rings is 1. The number of halogens is 1. The fourth-order valence-electron chi connectivity index (χ4n) is 4.14. The van der Waals surface area contributed by atoms with Crippen LogP contribution in [0.3, 0.4) is 0 Å². The Morgan fingerprint density at radius 1 is 1.31 bits per heavy atom. The number of hydrogen-bond acceptors (Lipinski definition) is 6. The lowest BCUT2D eigenvalue weighted by Crippen LogP contribution is -2.50. The molecule has 0 saturated carbocycles. The standard InChI is InChI=1S/C14H12ClN3O.C12H21NO3/c1-9-12(5-6-17-14(9)19)18-13-4-2-3-10(8-16)7-11(13)15;1-12(2,3)16-11(14)13-5-9-4-10(6-13)8-15-7-9/h2-3,5-7H,4H2,1H3,(H2,17,18,19);9-10H,4-8H2,1-3H3. The van der Waals surface area contributed by atoms with Crippen molar-refractivity contribution in [2.24, 2.45) is 11.8 Å². The summed E-state index contributed by atoms with van der Waals surface area (Å²) in [4.78, 5) is 27.9. The predicted octanol–water partition coefficient (Wildman–Crippen LogP) is 4.85. The highest BCUT2D eigenvalue weighted by Crippen LogP contribution is 2.28. The molecule has 0 radical (unpaired) electrons. The van der Waals surface area contributed by atoms with Crippen LogP contribution < -0.4 is 10.9 Å². The van der Waals surface area contributed by atoms with E-state index in [-0.39, 0.29) is 11.7 Å². The molecule has 4 rings (SSSR count). The number of ether oxygens (including phenoxy) is 2. The Kier molecular flexibility index (Phi) is 8.82. The third-order valence-corrected chi connectivity index (χ3v) is 6.13. The number of nitriles is 1. The van der Waals surface area contributed by atoms with Crippen molar-refractivity contribution in [3.63, 3.8) is 0 Å². The molecule has 1 aliphatic carbocycles. The zero-order valence-corrected chi connectivity index (χ0v) is 21.4. The lowest BCUT2D eigenvalue weighted by atomic mass is 9.88. The van der Waals surface area contributed by atoms with E-state index in [4.69, 9.17) is 26.3 Å². The topological polar surface area (TPSA) is 107 Å². The Morgan fingerprint density at radius 3 is 2.63 bits per heavy atom. The van der Waals surface area contributed by atoms with Crippen LogP contribution >= 0.6 is 11.6 Å². The van der Waals surface area contributed by atoms with Gasteiger partial charge in [-0.25, -0.2) is 4.79 Å². The molecule has 188 valence electrons. The number of fused-ring (bicyclic) bond motifs is 2. The van der Waals surface area contributed by atoms with Crippen LogP contribution in [0.15, 0.2) is 51.6 Å². The van der Waals surface area contributed by atoms with E-state index >= 15 is 0 Å². The molecule has 3 aliphatic rings. The molecule has 8 nitrogen and oxygen atoms in total. The lowest BCUT2D eigenvalue weighted by Gasteiger charge is -2.41. The van der Waals surface area contributed by atoms with E-state index in [1.807, 2.05) is 31.7 Å². The molecule has 35 heavy (non-hydrogen) atoms. The molecule has 2 unspecified atom stereocenters. The van der Waals surface area contributed by atoms with E-state index in [1.165, 1.54) is 6.42 Å². The number of nitrogens with zero attached hydrogens (tertiary/aromatic N) is 2. The van der Waals surface area contributed by atoms with Crippen molar-refractivity contribution < 1.29 is 14.3 Å². The predicted molar refractivity (Wildman–Crippen MR) is 136 cm³/mol. The molecule has 2 atom stereocenters. The maximum Gasteiger partial charge on any atom is 0.410 e. The molecule has 2 aliphatic heterocycles. The quantitative estimate of drug-likeness (QED) is 0.601. The number of H-pyrrole nitrogens is 1. The number of carbonyl (C=O) groups excluding carboxylic acids is 1. The van der Waals surface area contributed by atoms with Crippen LogP contribution in [0.1, 0.15) is 39.2 Å². The average molecular weight is 501 g/mol. The normalized spacial score (nSPS) is 21.7. The maximum atomic E-state index is 11.9. The Labute approximate surface area is 211 Å². The fraction of sp³-hybridized carbons (Fsp3) is 0.500. The van der Waals surface area contributed by atoms with Crippen LogP contribution in [0.4, 0.5) is 10.5 Å². The molecule has 2 N–H and O–H groups in total. The highest BCUT2D eigenvalue weighted by molar-refractivity contribution is 6.31. The van der Waals surface area contributed by atoms with Gasteiger partial charge in [-0.3, -0.25) is 4.79 Å². The van der Waals surface area contributed by atoms with Crippen molar-refractivity contribution in [2.75, 3.05) is 31.6 Å². The fourth-order valence-corrected chi connectivity index (χ4v) is 4.39. The molecular formula is C26H33ClN4O4. The van der Waals surface area contributed by atoms with Gasteiger partial charge in [0.2, 0.25) is 0 Å². The van der Waals surface area contributed by atoms with Crippen molar-refractivity contribution >= 4 is 23.4 Å². The number of hydrogen-bond donors (Lipinski definition) is 2. The van der Waals surface area contributed by atoms with E-state index in [1.54, 1.807) is 31.3 Å². The summed E-state index contributed by atoms with van der Waals surface area (Å²) in [6.07, 6.45) is 8.36. The summed E-state index contributed by atoms with van der Waals surface area (Å²) in [5.74, 6) is 1.00. The van der Waals surface area contributed by atoms with Gasteiger partial charge in [0.25, 0.3) is 5.56 Å². The lowest BCUT2D eigenvalue weighted by molar-refractivity contribution is -0.0485. The summed E-state index contributed by atoms with van der Waals surface area (Å²) in [6, 6.07) is 3.83. The van der Waals surface area contributed by atoms with Gasteiger partial charge in [-0.15, -0.1) is 0 Å². The Bertz CT molecular complexity index is 1110. The Morgan fingerprint density at radius 2 is 2.00 bits per heavy atom. The number of aromatic amines is 1. The van der Waals surface area contributed by atoms with E-state index < -0.39 is 5.60 Å². The van der Waals surface area contributed by atoms with Crippen molar-refractivity contribution in [1.82, 2.24) is 9.88 Å². The van der Waals surface area contributed by atoms with Crippen LogP contribution in [0.25, 0.3) is 0 Å². The second-order valence-corrected chi connectivity index (χ2v) is 10.4. The molecule has 1 aromatic heterocycles. The smallest absolute Gasteiger partial charge is 0.410 e. The number of piperidine rings is 1. The summed E-state index contributed by atoms with van der Waals surface area (Å²) in [5, 5.41) is 12.5. The Hall–Kier alpha value is -3.02. The van der Waals surface area contributed by atoms with Gasteiger partial charge in [0.15, 0.2) is 0 Å². The van der Waals surface area contributed by atoms with Crippen LogP contribution in [0.2, 0.25) is 0 Å². The molecule has 3 heterocycles. The summed E-state index contributed by atoms with van der Waals surface area (Å²) >= 11 is 6.17. The highest BCUT2D eigenvalue weighted by atomic mass is 35.5. The van der Waals surface area contributed by atoms with Crippen LogP contribution in [-0.2, 0) is 9.47 Å². The van der Waals surface area contributed by atoms with Gasteiger partial charge < -0.3 is 24.7 Å². The molecule has 9 heteroatoms. The molecule has 0 spiro atoms. The van der Waals surface area contributed by atoms with Crippen LogP contribution in [0, 0.1) is 30.1 Å². The second-order valence-electron chi connectivity index (χ2n) is 10.0. The largest absolute Gasteiger partial charge is 0.444 e. The number of aromatic nitrogens is 1. The van der Waals surface area contributed by atoms with Gasteiger partial charge in [-0.1, -0.05) is 17.7 Å². The molecule has 1 amide bonds. The number of carbonyl (C=O) groups is 1. The van der Waals surface area contributed by atoms with Crippen molar-refractivity contribution in [3.05, 3.63) is 62.7 Å². The molecule has 0 aromatic carbocycles. The van der Waals surface area contributed by atoms with Crippen molar-refractivity contribution in [3.8, 4) is 6.07 Å². The second kappa shape index (κ2) is 11.6. The minimum Gasteiger partial charge on any atom is -0.444 e. The monoisotopic (exact) mass is 500 g/mol. The average Bonchev–Trinajstić information content (AvgIpc) is 2.97. The molecule has 1 aromatic rings. The van der Waals surface area contributed by atoms with Crippen LogP contribution in [0.5, 0.6) is 0 Å². The number of nitrogens with one attached hydrogen (secondary N) is 2. The summed E-state index contributed by atoms with van der Waals surface area (Å²) in [7, 11) is 0. The first-order valence-corrected chi connectivity index (χ1v) is 12.1. The zero-order chi connectivity index (χ0) is 25.6. The van der Waals surface area contributed by atoms with E-state index in [9.17, 15) is 9.59 Å². The molecular weight excluding hydrogens is 468 g/mol. The van der Waals surface area contributed by atoms with Gasteiger partial charge in [-0.2, -0.15) is 5.26 Å². The first kappa shape index (κ1) is 26.6. The number of anilines is 1. The van der Waals surface area contributed by atoms with Gasteiger partial charge in [0.05, 0.1) is 29.9 Å². The number of likely N-dealkylation sites (tertiary alicyclic amines) is 1. The summed E-state index contributed by atoms with van der Waals surface area (Å²) in [6.45, 7) is 10.6. The number of amides is 1.